The van der Waals surface area contributed by atoms with Gasteiger partial charge in [-0.15, -0.1) is 0 Å². The third kappa shape index (κ3) is 12.9. The van der Waals surface area contributed by atoms with E-state index in [2.05, 4.69) is 21.8 Å². The summed E-state index contributed by atoms with van der Waals surface area (Å²) >= 11 is 0. The Morgan fingerprint density at radius 1 is 0.826 bits per heavy atom. The molecule has 0 fully saturated rings. The molecule has 0 aromatic carbocycles. The maximum atomic E-state index is 11.6. The summed E-state index contributed by atoms with van der Waals surface area (Å²) < 4.78 is 52.1. The molecule has 0 rings (SSSR count). The van der Waals surface area contributed by atoms with Gasteiger partial charge >= 0.3 is 23.0 Å². The van der Waals surface area contributed by atoms with Crippen LogP contribution in [0.3, 0.4) is 0 Å². The summed E-state index contributed by atoms with van der Waals surface area (Å²) in [6, 6.07) is 0. The van der Waals surface area contributed by atoms with Gasteiger partial charge in [0.05, 0.1) is 13.2 Å². The van der Waals surface area contributed by atoms with Gasteiger partial charge in [0.25, 0.3) is 0 Å². The lowest BCUT2D eigenvalue weighted by molar-refractivity contribution is 0.164. The number of ether oxygens (including phenoxy) is 2. The first-order chi connectivity index (χ1) is 10.2. The van der Waals surface area contributed by atoms with Crippen molar-refractivity contribution in [3.05, 3.63) is 24.3 Å². The lowest BCUT2D eigenvalue weighted by atomic mass is 10.4. The Morgan fingerprint density at radius 2 is 1.13 bits per heavy atom. The van der Waals surface area contributed by atoms with Gasteiger partial charge < -0.3 is 24.2 Å². The maximum absolute atomic E-state index is 11.6. The zero-order chi connectivity index (χ0) is 18.3. The summed E-state index contributed by atoms with van der Waals surface area (Å²) in [6.45, 7) is 10.0. The Labute approximate surface area is 134 Å². The van der Waals surface area contributed by atoms with E-state index >= 15 is 0 Å². The predicted molar refractivity (Wildman–Crippen MR) is 82.9 cm³/mol. The van der Waals surface area contributed by atoms with E-state index in [-0.39, 0.29) is 13.2 Å². The van der Waals surface area contributed by atoms with Gasteiger partial charge in [-0.3, -0.25) is 9.13 Å². The molecule has 0 aromatic heterocycles. The van der Waals surface area contributed by atoms with Crippen molar-refractivity contribution in [3.8, 4) is 0 Å². The molecule has 0 aliphatic carbocycles. The number of hydrogen-bond donors (Lipinski definition) is 3. The lowest BCUT2D eigenvalue weighted by Gasteiger charge is -2.19. The SMILES string of the molecule is C=C(C)COCP(=O)(O)OP(=O)(O)OP(=O)(O)COCC(=C)C. The zero-order valence-electron chi connectivity index (χ0n) is 12.8. The van der Waals surface area contributed by atoms with Gasteiger partial charge in [0.1, 0.15) is 12.7 Å². The van der Waals surface area contributed by atoms with E-state index in [4.69, 9.17) is 9.47 Å². The summed E-state index contributed by atoms with van der Waals surface area (Å²) in [5, 5.41) is 0. The third-order valence-corrected chi connectivity index (χ3v) is 6.38. The molecule has 0 saturated carbocycles. The smallest absolute Gasteiger partial charge is 0.364 e. The summed E-state index contributed by atoms with van der Waals surface area (Å²) in [5.74, 6) is 0. The van der Waals surface area contributed by atoms with Crippen LogP contribution in [-0.2, 0) is 31.8 Å². The average molecular weight is 394 g/mol. The van der Waals surface area contributed by atoms with E-state index in [1.165, 1.54) is 0 Å². The molecule has 0 saturated heterocycles. The van der Waals surface area contributed by atoms with Gasteiger partial charge in [-0.05, 0) is 13.8 Å². The van der Waals surface area contributed by atoms with Gasteiger partial charge in [-0.25, -0.2) is 13.2 Å². The molecule has 23 heavy (non-hydrogen) atoms. The zero-order valence-corrected chi connectivity index (χ0v) is 15.5. The first-order valence-electron chi connectivity index (χ1n) is 6.08. The van der Waals surface area contributed by atoms with E-state index < -0.39 is 35.7 Å². The van der Waals surface area contributed by atoms with Crippen molar-refractivity contribution in [2.45, 2.75) is 13.8 Å². The van der Waals surface area contributed by atoms with Crippen LogP contribution in [0.15, 0.2) is 24.3 Å². The van der Waals surface area contributed by atoms with Crippen LogP contribution in [0.25, 0.3) is 0 Å². The van der Waals surface area contributed by atoms with Gasteiger partial charge in [0, 0.05) is 0 Å². The van der Waals surface area contributed by atoms with E-state index in [0.717, 1.165) is 0 Å². The van der Waals surface area contributed by atoms with Crippen LogP contribution in [0, 0.1) is 0 Å². The summed E-state index contributed by atoms with van der Waals surface area (Å²) in [7, 11) is -14.7. The monoisotopic (exact) mass is 394 g/mol. The molecule has 0 spiro atoms. The normalized spacial score (nSPS) is 19.3. The molecule has 0 radical (unpaired) electrons. The van der Waals surface area contributed by atoms with Crippen molar-refractivity contribution in [2.24, 2.45) is 0 Å². The second-order valence-electron chi connectivity index (χ2n) is 4.78. The van der Waals surface area contributed by atoms with Crippen molar-refractivity contribution >= 4 is 23.0 Å². The number of rotatable bonds is 12. The van der Waals surface area contributed by atoms with Crippen LogP contribution in [0.2, 0.25) is 0 Å². The Hall–Kier alpha value is -0.110. The van der Waals surface area contributed by atoms with Gasteiger partial charge in [0.15, 0.2) is 0 Å². The van der Waals surface area contributed by atoms with Crippen LogP contribution in [-0.4, -0.2) is 40.6 Å². The first kappa shape index (κ1) is 22.9. The van der Waals surface area contributed by atoms with Crippen LogP contribution < -0.4 is 0 Å². The Bertz CT molecular complexity index is 525. The van der Waals surface area contributed by atoms with Crippen molar-refractivity contribution in [3.63, 3.8) is 0 Å². The highest BCUT2D eigenvalue weighted by atomic mass is 31.3. The minimum atomic E-state index is -5.29. The molecule has 0 heterocycles. The Morgan fingerprint density at radius 3 is 1.39 bits per heavy atom. The molecule has 2 unspecified atom stereocenters. The molecule has 0 bridgehead atoms. The highest BCUT2D eigenvalue weighted by molar-refractivity contribution is 7.69. The minimum absolute atomic E-state index is 0.0717. The standard InChI is InChI=1S/C10H21O10P3/c1-9(2)5-17-7-21(11,12)19-23(15,16)20-22(13,14)8-18-6-10(3)4/h1,3,5-8H2,2,4H3,(H,11,12)(H,13,14)(H,15,16). The van der Waals surface area contributed by atoms with Crippen LogP contribution in [0.4, 0.5) is 0 Å². The van der Waals surface area contributed by atoms with Gasteiger partial charge in [-0.1, -0.05) is 24.3 Å². The van der Waals surface area contributed by atoms with Gasteiger partial charge in [0.2, 0.25) is 0 Å². The van der Waals surface area contributed by atoms with E-state index in [1.54, 1.807) is 13.8 Å². The maximum Gasteiger partial charge on any atom is 0.486 e. The lowest BCUT2D eigenvalue weighted by Crippen LogP contribution is -2.04. The fourth-order valence-electron chi connectivity index (χ4n) is 1.05. The van der Waals surface area contributed by atoms with Crippen molar-refractivity contribution in [1.29, 1.82) is 0 Å². The first-order valence-corrected chi connectivity index (χ1v) is 11.1. The molecule has 0 aliphatic heterocycles. The largest absolute Gasteiger partial charge is 0.486 e. The van der Waals surface area contributed by atoms with Crippen LogP contribution >= 0.6 is 23.0 Å². The molecule has 10 nitrogen and oxygen atoms in total. The predicted octanol–water partition coefficient (Wildman–Crippen LogP) is 2.59. The second kappa shape index (κ2) is 9.39. The molecule has 0 aromatic rings. The van der Waals surface area contributed by atoms with E-state index in [1.807, 2.05) is 0 Å². The fourth-order valence-corrected chi connectivity index (χ4v) is 5.04. The molecule has 13 heteroatoms. The molecule has 0 aliphatic rings. The van der Waals surface area contributed by atoms with Crippen molar-refractivity contribution in [2.75, 3.05) is 25.9 Å². The quantitative estimate of drug-likeness (QED) is 0.333. The fraction of sp³-hybridized carbons (Fsp3) is 0.600. The highest BCUT2D eigenvalue weighted by Gasteiger charge is 2.40. The molecule has 136 valence electrons. The van der Waals surface area contributed by atoms with E-state index in [9.17, 15) is 28.4 Å². The molecule has 3 N–H and O–H groups in total. The molecule has 0 amide bonds. The van der Waals surface area contributed by atoms with Crippen LogP contribution in [0.5, 0.6) is 0 Å². The van der Waals surface area contributed by atoms with E-state index in [0.29, 0.717) is 11.1 Å². The second-order valence-corrected chi connectivity index (χ2v) is 10.1. The topological polar surface area (TPSA) is 149 Å². The summed E-state index contributed by atoms with van der Waals surface area (Å²) in [6.07, 6.45) is -1.84. The van der Waals surface area contributed by atoms with Gasteiger partial charge in [-0.2, -0.15) is 0 Å². The number of hydrogen-bond acceptors (Lipinski definition) is 7. The highest BCUT2D eigenvalue weighted by Crippen LogP contribution is 2.67. The molecular weight excluding hydrogens is 373 g/mol. The van der Waals surface area contributed by atoms with Crippen molar-refractivity contribution in [1.82, 2.24) is 0 Å². The number of phosphoric acid groups is 1. The summed E-state index contributed by atoms with van der Waals surface area (Å²) in [5.41, 5.74) is 1.09. The third-order valence-electron chi connectivity index (χ3n) is 1.67. The van der Waals surface area contributed by atoms with Crippen LogP contribution in [0.1, 0.15) is 13.8 Å². The average Bonchev–Trinajstić information content (AvgIpc) is 2.22. The molecular formula is C10H21O10P3. The molecule has 2 atom stereocenters. The Balaban J connectivity index is 4.58. The van der Waals surface area contributed by atoms with Crippen molar-refractivity contribution < 1.29 is 46.5 Å². The minimum Gasteiger partial charge on any atom is -0.364 e. The summed E-state index contributed by atoms with van der Waals surface area (Å²) in [4.78, 5) is 28.0. The Kier molecular flexibility index (Phi) is 9.35.